The highest BCUT2D eigenvalue weighted by molar-refractivity contribution is 5.98. The van der Waals surface area contributed by atoms with Crippen molar-refractivity contribution in [3.8, 4) is 5.75 Å². The van der Waals surface area contributed by atoms with Crippen LogP contribution in [0.2, 0.25) is 0 Å². The molecule has 1 aliphatic rings. The lowest BCUT2D eigenvalue weighted by molar-refractivity contribution is 0.121. The van der Waals surface area contributed by atoms with E-state index in [2.05, 4.69) is 35.6 Å². The van der Waals surface area contributed by atoms with Gasteiger partial charge in [-0.1, -0.05) is 6.92 Å². The lowest BCUT2D eigenvalue weighted by Crippen LogP contribution is -2.47. The maximum Gasteiger partial charge on any atom is 0.143 e. The maximum absolute atomic E-state index is 6.12. The highest BCUT2D eigenvalue weighted by Gasteiger charge is 2.16. The van der Waals surface area contributed by atoms with Crippen LogP contribution < -0.4 is 10.5 Å². The maximum atomic E-state index is 6.12. The molecule has 5 nitrogen and oxygen atoms in total. The van der Waals surface area contributed by atoms with Crippen LogP contribution in [0.25, 0.3) is 10.9 Å². The molecule has 1 saturated heterocycles. The lowest BCUT2D eigenvalue weighted by Gasteiger charge is -2.33. The van der Waals surface area contributed by atoms with E-state index in [9.17, 15) is 0 Å². The van der Waals surface area contributed by atoms with Crippen molar-refractivity contribution in [1.82, 2.24) is 14.8 Å². The SMILES string of the molecule is CCN1CCN(CCOc2ccc(N)c3c(C)c(C)[nH]c23)CC1. The predicted molar refractivity (Wildman–Crippen MR) is 96.2 cm³/mol. The van der Waals surface area contributed by atoms with Crippen LogP contribution in [-0.4, -0.2) is 60.7 Å². The van der Waals surface area contributed by atoms with Crippen LogP contribution in [0, 0.1) is 13.8 Å². The molecule has 1 aromatic carbocycles. The molecule has 3 rings (SSSR count). The minimum Gasteiger partial charge on any atom is -0.490 e. The second kappa shape index (κ2) is 6.81. The molecule has 0 saturated carbocycles. The summed E-state index contributed by atoms with van der Waals surface area (Å²) >= 11 is 0. The van der Waals surface area contributed by atoms with Gasteiger partial charge < -0.3 is 20.4 Å². The fourth-order valence-electron chi connectivity index (χ4n) is 3.33. The van der Waals surface area contributed by atoms with Gasteiger partial charge in [0, 0.05) is 49.5 Å². The molecule has 2 aromatic rings. The van der Waals surface area contributed by atoms with Gasteiger partial charge in [0.25, 0.3) is 0 Å². The number of ether oxygens (including phenoxy) is 1. The number of aromatic amines is 1. The van der Waals surface area contributed by atoms with Gasteiger partial charge in [-0.25, -0.2) is 0 Å². The smallest absolute Gasteiger partial charge is 0.143 e. The number of nitrogens with one attached hydrogen (secondary N) is 1. The molecule has 1 aliphatic heterocycles. The molecule has 2 heterocycles. The number of H-pyrrole nitrogens is 1. The number of aromatic nitrogens is 1. The molecule has 0 amide bonds. The van der Waals surface area contributed by atoms with E-state index in [1.807, 2.05) is 12.1 Å². The van der Waals surface area contributed by atoms with Gasteiger partial charge >= 0.3 is 0 Å². The van der Waals surface area contributed by atoms with Gasteiger partial charge in [-0.3, -0.25) is 4.90 Å². The van der Waals surface area contributed by atoms with Crippen molar-refractivity contribution in [1.29, 1.82) is 0 Å². The number of nitrogens with two attached hydrogens (primary N) is 1. The Morgan fingerprint density at radius 3 is 2.52 bits per heavy atom. The molecular formula is C18H28N4O. The van der Waals surface area contributed by atoms with Crippen molar-refractivity contribution >= 4 is 16.6 Å². The van der Waals surface area contributed by atoms with Crippen molar-refractivity contribution in [2.75, 3.05) is 51.6 Å². The highest BCUT2D eigenvalue weighted by atomic mass is 16.5. The third kappa shape index (κ3) is 3.31. The van der Waals surface area contributed by atoms with Crippen molar-refractivity contribution in [3.05, 3.63) is 23.4 Å². The monoisotopic (exact) mass is 316 g/mol. The van der Waals surface area contributed by atoms with Gasteiger partial charge in [-0.05, 0) is 38.1 Å². The summed E-state index contributed by atoms with van der Waals surface area (Å²) in [6.45, 7) is 13.8. The quantitative estimate of drug-likeness (QED) is 0.832. The Bertz CT molecular complexity index is 671. The Morgan fingerprint density at radius 2 is 1.83 bits per heavy atom. The van der Waals surface area contributed by atoms with Gasteiger partial charge in [0.1, 0.15) is 12.4 Å². The molecule has 3 N–H and O–H groups in total. The van der Waals surface area contributed by atoms with E-state index in [4.69, 9.17) is 10.5 Å². The summed E-state index contributed by atoms with van der Waals surface area (Å²) in [6.07, 6.45) is 0. The van der Waals surface area contributed by atoms with Gasteiger partial charge in [0.05, 0.1) is 5.52 Å². The van der Waals surface area contributed by atoms with Gasteiger partial charge in [-0.2, -0.15) is 0 Å². The van der Waals surface area contributed by atoms with E-state index in [1.54, 1.807) is 0 Å². The van der Waals surface area contributed by atoms with Crippen LogP contribution in [0.15, 0.2) is 12.1 Å². The zero-order chi connectivity index (χ0) is 16.4. The molecule has 1 aromatic heterocycles. The third-order valence-electron chi connectivity index (χ3n) is 5.03. The Hall–Kier alpha value is -1.72. The molecule has 0 bridgehead atoms. The van der Waals surface area contributed by atoms with Crippen LogP contribution in [0.4, 0.5) is 5.69 Å². The van der Waals surface area contributed by atoms with Crippen molar-refractivity contribution in [2.24, 2.45) is 0 Å². The van der Waals surface area contributed by atoms with Gasteiger partial charge in [-0.15, -0.1) is 0 Å². The van der Waals surface area contributed by atoms with Crippen LogP contribution >= 0.6 is 0 Å². The number of nitrogens with zero attached hydrogens (tertiary/aromatic N) is 2. The van der Waals surface area contributed by atoms with E-state index in [1.165, 1.54) is 5.56 Å². The van der Waals surface area contributed by atoms with Crippen LogP contribution in [0.5, 0.6) is 5.75 Å². The Kier molecular flexibility index (Phi) is 4.78. The first kappa shape index (κ1) is 16.1. The summed E-state index contributed by atoms with van der Waals surface area (Å²) in [5.41, 5.74) is 10.3. The third-order valence-corrected chi connectivity index (χ3v) is 5.03. The number of hydrogen-bond donors (Lipinski definition) is 2. The summed E-state index contributed by atoms with van der Waals surface area (Å²) in [5.74, 6) is 0.901. The topological polar surface area (TPSA) is 57.5 Å². The highest BCUT2D eigenvalue weighted by Crippen LogP contribution is 2.33. The average Bonchev–Trinajstić information content (AvgIpc) is 2.87. The summed E-state index contributed by atoms with van der Waals surface area (Å²) < 4.78 is 6.06. The molecule has 0 radical (unpaired) electrons. The second-order valence-corrected chi connectivity index (χ2v) is 6.40. The number of fused-ring (bicyclic) bond motifs is 1. The van der Waals surface area contributed by atoms with Crippen LogP contribution in [-0.2, 0) is 0 Å². The Labute approximate surface area is 138 Å². The zero-order valence-corrected chi connectivity index (χ0v) is 14.5. The summed E-state index contributed by atoms with van der Waals surface area (Å²) in [7, 11) is 0. The normalized spacial score (nSPS) is 17.0. The number of anilines is 1. The molecular weight excluding hydrogens is 288 g/mol. The largest absolute Gasteiger partial charge is 0.490 e. The summed E-state index contributed by atoms with van der Waals surface area (Å²) in [5, 5.41) is 1.09. The van der Waals surface area contributed by atoms with Crippen LogP contribution in [0.1, 0.15) is 18.2 Å². The molecule has 0 spiro atoms. The van der Waals surface area contributed by atoms with Crippen molar-refractivity contribution < 1.29 is 4.74 Å². The number of aryl methyl sites for hydroxylation is 2. The first-order chi connectivity index (χ1) is 11.1. The number of piperazine rings is 1. The number of nitrogen functional groups attached to an aromatic ring is 1. The molecule has 23 heavy (non-hydrogen) atoms. The minimum atomic E-state index is 0.711. The molecule has 0 aliphatic carbocycles. The van der Waals surface area contributed by atoms with E-state index < -0.39 is 0 Å². The number of likely N-dealkylation sites (N-methyl/N-ethyl adjacent to an activating group) is 1. The minimum absolute atomic E-state index is 0.711. The Balaban J connectivity index is 1.62. The fourth-order valence-corrected chi connectivity index (χ4v) is 3.33. The van der Waals surface area contributed by atoms with E-state index >= 15 is 0 Å². The predicted octanol–water partition coefficient (Wildman–Crippen LogP) is 2.38. The van der Waals surface area contributed by atoms with E-state index in [0.29, 0.717) is 6.61 Å². The van der Waals surface area contributed by atoms with Crippen LogP contribution in [0.3, 0.4) is 0 Å². The number of rotatable bonds is 5. The van der Waals surface area contributed by atoms with Crippen molar-refractivity contribution in [3.63, 3.8) is 0 Å². The molecule has 0 atom stereocenters. The number of benzene rings is 1. The fraction of sp³-hybridized carbons (Fsp3) is 0.556. The Morgan fingerprint density at radius 1 is 1.13 bits per heavy atom. The first-order valence-corrected chi connectivity index (χ1v) is 8.55. The van der Waals surface area contributed by atoms with Crippen molar-refractivity contribution in [2.45, 2.75) is 20.8 Å². The van der Waals surface area contributed by atoms with Gasteiger partial charge in [0.2, 0.25) is 0 Å². The summed E-state index contributed by atoms with van der Waals surface area (Å²) in [6, 6.07) is 3.92. The zero-order valence-electron chi connectivity index (χ0n) is 14.5. The van der Waals surface area contributed by atoms with E-state index in [0.717, 1.165) is 67.3 Å². The number of hydrogen-bond acceptors (Lipinski definition) is 4. The second-order valence-electron chi connectivity index (χ2n) is 6.40. The molecule has 0 unspecified atom stereocenters. The lowest BCUT2D eigenvalue weighted by atomic mass is 10.1. The summed E-state index contributed by atoms with van der Waals surface area (Å²) in [4.78, 5) is 8.38. The van der Waals surface area contributed by atoms with E-state index in [-0.39, 0.29) is 0 Å². The average molecular weight is 316 g/mol. The standard InChI is InChI=1S/C18H28N4O/c1-4-21-7-9-22(10-8-21)11-12-23-16-6-5-15(19)17-13(2)14(3)20-18(16)17/h5-6,20H,4,7-12,19H2,1-3H3. The molecule has 1 fully saturated rings. The molecule has 5 heteroatoms. The molecule has 126 valence electrons. The first-order valence-electron chi connectivity index (χ1n) is 8.55. The van der Waals surface area contributed by atoms with Gasteiger partial charge in [0.15, 0.2) is 0 Å².